The van der Waals surface area contributed by atoms with Gasteiger partial charge >= 0.3 is 0 Å². The molecular formula is C11H12FNO. The number of halogens is 1. The lowest BCUT2D eigenvalue weighted by atomic mass is 10.2. The van der Waals surface area contributed by atoms with Crippen molar-refractivity contribution in [3.63, 3.8) is 0 Å². The molecule has 1 unspecified atom stereocenters. The predicted octanol–water partition coefficient (Wildman–Crippen LogP) is 2.27. The molecule has 0 aliphatic heterocycles. The molecule has 1 N–H and O–H groups in total. The van der Waals surface area contributed by atoms with Crippen molar-refractivity contribution in [2.75, 3.05) is 12.4 Å². The molecule has 0 radical (unpaired) electrons. The summed E-state index contributed by atoms with van der Waals surface area (Å²) >= 11 is 0. The third-order valence-electron chi connectivity index (χ3n) is 1.78. The fraction of sp³-hybridized carbons (Fsp3) is 0.273. The maximum atomic E-state index is 13.2. The maximum absolute atomic E-state index is 13.2. The van der Waals surface area contributed by atoms with Crippen molar-refractivity contribution in [3.05, 3.63) is 24.0 Å². The van der Waals surface area contributed by atoms with Crippen LogP contribution >= 0.6 is 0 Å². The van der Waals surface area contributed by atoms with E-state index in [-0.39, 0.29) is 11.8 Å². The molecule has 1 aromatic carbocycles. The molecule has 0 amide bonds. The van der Waals surface area contributed by atoms with Gasteiger partial charge in [-0.1, -0.05) is 5.92 Å². The number of benzene rings is 1. The minimum Gasteiger partial charge on any atom is -0.494 e. The number of anilines is 1. The van der Waals surface area contributed by atoms with Gasteiger partial charge in [-0.05, 0) is 19.1 Å². The Kier molecular flexibility index (Phi) is 3.35. The first-order valence-corrected chi connectivity index (χ1v) is 4.23. The second kappa shape index (κ2) is 4.52. The zero-order valence-electron chi connectivity index (χ0n) is 8.17. The lowest BCUT2D eigenvalue weighted by Crippen LogP contribution is -2.11. The van der Waals surface area contributed by atoms with E-state index in [2.05, 4.69) is 11.2 Å². The maximum Gasteiger partial charge on any atom is 0.167 e. The summed E-state index contributed by atoms with van der Waals surface area (Å²) in [6.07, 6.45) is 5.18. The number of ether oxygens (including phenoxy) is 1. The van der Waals surface area contributed by atoms with Gasteiger partial charge in [0.1, 0.15) is 0 Å². The monoisotopic (exact) mass is 193 g/mol. The van der Waals surface area contributed by atoms with E-state index in [1.54, 1.807) is 12.1 Å². The average Bonchev–Trinajstić information content (AvgIpc) is 2.18. The zero-order chi connectivity index (χ0) is 10.6. The van der Waals surface area contributed by atoms with Crippen LogP contribution in [-0.2, 0) is 0 Å². The number of rotatable bonds is 3. The number of hydrogen-bond acceptors (Lipinski definition) is 2. The van der Waals surface area contributed by atoms with Crippen molar-refractivity contribution < 1.29 is 9.13 Å². The van der Waals surface area contributed by atoms with E-state index in [1.807, 2.05) is 6.92 Å². The molecule has 74 valence electrons. The van der Waals surface area contributed by atoms with Gasteiger partial charge < -0.3 is 10.1 Å². The van der Waals surface area contributed by atoms with E-state index in [9.17, 15) is 4.39 Å². The van der Waals surface area contributed by atoms with Gasteiger partial charge in [0.15, 0.2) is 11.6 Å². The molecule has 14 heavy (non-hydrogen) atoms. The van der Waals surface area contributed by atoms with Crippen molar-refractivity contribution in [1.82, 2.24) is 0 Å². The van der Waals surface area contributed by atoms with Crippen LogP contribution in [0.2, 0.25) is 0 Å². The molecule has 0 saturated carbocycles. The van der Waals surface area contributed by atoms with Crippen molar-refractivity contribution >= 4 is 5.69 Å². The van der Waals surface area contributed by atoms with E-state index in [4.69, 9.17) is 11.2 Å². The van der Waals surface area contributed by atoms with E-state index in [0.29, 0.717) is 5.69 Å². The van der Waals surface area contributed by atoms with Crippen molar-refractivity contribution in [2.45, 2.75) is 13.0 Å². The molecule has 0 heterocycles. The Labute approximate surface area is 83.1 Å². The molecule has 0 spiro atoms. The van der Waals surface area contributed by atoms with Gasteiger partial charge in [0.2, 0.25) is 0 Å². The minimum absolute atomic E-state index is 0.122. The number of hydrogen-bond donors (Lipinski definition) is 1. The first-order valence-electron chi connectivity index (χ1n) is 4.23. The van der Waals surface area contributed by atoms with Crippen molar-refractivity contribution in [1.29, 1.82) is 0 Å². The zero-order valence-corrected chi connectivity index (χ0v) is 8.17. The highest BCUT2D eigenvalue weighted by atomic mass is 19.1. The Morgan fingerprint density at radius 2 is 2.29 bits per heavy atom. The van der Waals surface area contributed by atoms with Gasteiger partial charge in [0.05, 0.1) is 13.2 Å². The van der Waals surface area contributed by atoms with Crippen LogP contribution in [-0.4, -0.2) is 13.2 Å². The fourth-order valence-corrected chi connectivity index (χ4v) is 1.05. The van der Waals surface area contributed by atoms with E-state index < -0.39 is 5.82 Å². The lowest BCUT2D eigenvalue weighted by molar-refractivity contribution is 0.386. The smallest absolute Gasteiger partial charge is 0.167 e. The van der Waals surface area contributed by atoms with E-state index in [1.165, 1.54) is 13.2 Å². The van der Waals surface area contributed by atoms with Crippen LogP contribution in [0.3, 0.4) is 0 Å². The quantitative estimate of drug-likeness (QED) is 0.743. The Balaban J connectivity index is 2.82. The van der Waals surface area contributed by atoms with Crippen LogP contribution < -0.4 is 10.1 Å². The van der Waals surface area contributed by atoms with Gasteiger partial charge in [0.25, 0.3) is 0 Å². The number of terminal acetylenes is 1. The van der Waals surface area contributed by atoms with Crippen LogP contribution in [0.4, 0.5) is 10.1 Å². The summed E-state index contributed by atoms with van der Waals surface area (Å²) < 4.78 is 18.0. The van der Waals surface area contributed by atoms with Gasteiger partial charge in [-0.3, -0.25) is 0 Å². The number of nitrogens with one attached hydrogen (secondary N) is 1. The first-order chi connectivity index (χ1) is 6.67. The topological polar surface area (TPSA) is 21.3 Å². The van der Waals surface area contributed by atoms with Crippen LogP contribution in [0.1, 0.15) is 6.92 Å². The fourth-order valence-electron chi connectivity index (χ4n) is 1.05. The van der Waals surface area contributed by atoms with Crippen LogP contribution in [0, 0.1) is 18.2 Å². The molecular weight excluding hydrogens is 181 g/mol. The van der Waals surface area contributed by atoms with Crippen LogP contribution in [0.5, 0.6) is 5.75 Å². The molecule has 0 saturated heterocycles. The van der Waals surface area contributed by atoms with E-state index >= 15 is 0 Å². The summed E-state index contributed by atoms with van der Waals surface area (Å²) in [5.74, 6) is 2.32. The highest BCUT2D eigenvalue weighted by Gasteiger charge is 2.04. The SMILES string of the molecule is C#CC(C)Nc1ccc(OC)c(F)c1. The summed E-state index contributed by atoms with van der Waals surface area (Å²) in [4.78, 5) is 0. The largest absolute Gasteiger partial charge is 0.494 e. The van der Waals surface area contributed by atoms with Crippen LogP contribution in [0.15, 0.2) is 18.2 Å². The first kappa shape index (κ1) is 10.4. The minimum atomic E-state index is -0.401. The van der Waals surface area contributed by atoms with E-state index in [0.717, 1.165) is 0 Å². The van der Waals surface area contributed by atoms with Gasteiger partial charge in [-0.2, -0.15) is 0 Å². The molecule has 0 bridgehead atoms. The van der Waals surface area contributed by atoms with Gasteiger partial charge in [-0.15, -0.1) is 6.42 Å². The molecule has 2 nitrogen and oxygen atoms in total. The second-order valence-corrected chi connectivity index (χ2v) is 2.88. The molecule has 1 aromatic rings. The Morgan fingerprint density at radius 3 is 2.79 bits per heavy atom. The number of methoxy groups -OCH3 is 1. The summed E-state index contributed by atoms with van der Waals surface area (Å²) in [5, 5.41) is 2.95. The summed E-state index contributed by atoms with van der Waals surface area (Å²) in [7, 11) is 1.43. The summed E-state index contributed by atoms with van der Waals surface area (Å²) in [6.45, 7) is 1.82. The molecule has 3 heteroatoms. The Morgan fingerprint density at radius 1 is 1.57 bits per heavy atom. The second-order valence-electron chi connectivity index (χ2n) is 2.88. The normalized spacial score (nSPS) is 11.6. The van der Waals surface area contributed by atoms with Gasteiger partial charge in [-0.25, -0.2) is 4.39 Å². The highest BCUT2D eigenvalue weighted by Crippen LogP contribution is 2.20. The molecule has 1 atom stereocenters. The molecule has 0 aliphatic carbocycles. The van der Waals surface area contributed by atoms with Crippen LogP contribution in [0.25, 0.3) is 0 Å². The third-order valence-corrected chi connectivity index (χ3v) is 1.78. The van der Waals surface area contributed by atoms with Crippen molar-refractivity contribution in [2.24, 2.45) is 0 Å². The molecule has 0 fully saturated rings. The standard InChI is InChI=1S/C11H12FNO/c1-4-8(2)13-9-5-6-11(14-3)10(12)7-9/h1,5-8,13H,2-3H3. The lowest BCUT2D eigenvalue weighted by Gasteiger charge is -2.10. The third kappa shape index (κ3) is 2.40. The molecule has 1 rings (SSSR count). The predicted molar refractivity (Wildman–Crippen MR) is 54.9 cm³/mol. The Bertz CT molecular complexity index is 357. The average molecular weight is 193 g/mol. The Hall–Kier alpha value is -1.69. The molecule has 0 aromatic heterocycles. The highest BCUT2D eigenvalue weighted by molar-refractivity contribution is 5.48. The summed E-state index contributed by atoms with van der Waals surface area (Å²) in [5.41, 5.74) is 0.647. The summed E-state index contributed by atoms with van der Waals surface area (Å²) in [6, 6.07) is 4.51. The molecule has 0 aliphatic rings. The van der Waals surface area contributed by atoms with Gasteiger partial charge in [0, 0.05) is 11.8 Å². The van der Waals surface area contributed by atoms with Crippen molar-refractivity contribution in [3.8, 4) is 18.1 Å².